The van der Waals surface area contributed by atoms with E-state index in [0.29, 0.717) is 0 Å². The molecule has 6 nitrogen and oxygen atoms in total. The Hall–Kier alpha value is -2.62. The smallest absolute Gasteiger partial charge is 0.282 e. The lowest BCUT2D eigenvalue weighted by atomic mass is 10.2. The van der Waals surface area contributed by atoms with E-state index >= 15 is 0 Å². The van der Waals surface area contributed by atoms with E-state index in [4.69, 9.17) is 9.11 Å². The summed E-state index contributed by atoms with van der Waals surface area (Å²) in [6.45, 7) is 3.68. The summed E-state index contributed by atoms with van der Waals surface area (Å²) in [6.07, 6.45) is 9.08. The lowest BCUT2D eigenvalue weighted by Gasteiger charge is -1.95. The van der Waals surface area contributed by atoms with Crippen molar-refractivity contribution in [1.82, 2.24) is 0 Å². The molecule has 0 spiro atoms. The molecule has 0 atom stereocenters. The van der Waals surface area contributed by atoms with Crippen molar-refractivity contribution in [1.29, 1.82) is 0 Å². The van der Waals surface area contributed by atoms with Gasteiger partial charge < -0.3 is 0 Å². The molecule has 2 aromatic rings. The molecule has 2 rings (SSSR count). The first kappa shape index (κ1) is 23.4. The van der Waals surface area contributed by atoms with E-state index in [1.807, 2.05) is 25.7 Å². The fourth-order valence-electron chi connectivity index (χ4n) is 1.42. The van der Waals surface area contributed by atoms with Gasteiger partial charge in [0.25, 0.3) is 20.2 Å². The number of rotatable bonds is 2. The maximum Gasteiger partial charge on any atom is 0.294 e. The second-order valence-electron chi connectivity index (χ2n) is 4.86. The Bertz CT molecular complexity index is 904. The van der Waals surface area contributed by atoms with Gasteiger partial charge in [0, 0.05) is 0 Å². The van der Waals surface area contributed by atoms with Gasteiger partial charge in [-0.05, 0) is 50.0 Å². The third kappa shape index (κ3) is 9.62. The van der Waals surface area contributed by atoms with Gasteiger partial charge in [0.15, 0.2) is 0 Å². The van der Waals surface area contributed by atoms with Crippen molar-refractivity contribution >= 4 is 20.2 Å². The monoisotopic (exact) mass is 394 g/mol. The normalized spacial score (nSPS) is 10.1. The molecule has 0 heterocycles. The standard InChI is InChI=1S/2C7H8O3S.C4H2/c2*1-6-2-4-7(5-3-6)11(8,9)10;1-3-4-2/h2*2-5H,1H3,(H,8,9,10);1-2H. The summed E-state index contributed by atoms with van der Waals surface area (Å²) in [6, 6.07) is 12.0. The van der Waals surface area contributed by atoms with Crippen LogP contribution >= 0.6 is 0 Å². The van der Waals surface area contributed by atoms with E-state index in [-0.39, 0.29) is 9.79 Å². The summed E-state index contributed by atoms with van der Waals surface area (Å²) in [4.78, 5) is -0.133. The number of hydrogen-bond donors (Lipinski definition) is 2. The Morgan fingerprint density at radius 1 is 0.654 bits per heavy atom. The predicted octanol–water partition coefficient (Wildman–Crippen LogP) is 2.74. The van der Waals surface area contributed by atoms with E-state index in [2.05, 4.69) is 12.8 Å². The summed E-state index contributed by atoms with van der Waals surface area (Å²) in [7, 11) is -8.04. The van der Waals surface area contributed by atoms with E-state index < -0.39 is 20.2 Å². The van der Waals surface area contributed by atoms with Crippen molar-refractivity contribution in [2.24, 2.45) is 0 Å². The highest BCUT2D eigenvalue weighted by Gasteiger charge is 2.07. The molecule has 0 saturated carbocycles. The second-order valence-corrected chi connectivity index (χ2v) is 7.71. The molecule has 0 bridgehead atoms. The third-order valence-corrected chi connectivity index (χ3v) is 4.46. The van der Waals surface area contributed by atoms with E-state index in [1.54, 1.807) is 24.3 Å². The van der Waals surface area contributed by atoms with Crippen LogP contribution in [0.15, 0.2) is 58.3 Å². The molecule has 26 heavy (non-hydrogen) atoms. The summed E-state index contributed by atoms with van der Waals surface area (Å²) in [5, 5.41) is 0. The zero-order valence-corrected chi connectivity index (χ0v) is 15.8. The van der Waals surface area contributed by atoms with Crippen LogP contribution in [0.5, 0.6) is 0 Å². The van der Waals surface area contributed by atoms with Gasteiger partial charge in [-0.25, -0.2) is 0 Å². The Morgan fingerprint density at radius 3 is 1.04 bits per heavy atom. The zero-order valence-electron chi connectivity index (χ0n) is 14.1. The predicted molar refractivity (Wildman–Crippen MR) is 99.7 cm³/mol. The molecular weight excluding hydrogens is 376 g/mol. The molecule has 2 N–H and O–H groups in total. The number of terminal acetylenes is 2. The van der Waals surface area contributed by atoms with Gasteiger partial charge in [-0.15, -0.1) is 12.8 Å². The Balaban J connectivity index is 0.000000401. The molecule has 0 aromatic heterocycles. The minimum absolute atomic E-state index is 0.0666. The van der Waals surface area contributed by atoms with Crippen molar-refractivity contribution in [2.75, 3.05) is 0 Å². The van der Waals surface area contributed by atoms with Crippen LogP contribution in [-0.4, -0.2) is 25.9 Å². The molecule has 2 aromatic carbocycles. The van der Waals surface area contributed by atoms with Crippen LogP contribution in [0.3, 0.4) is 0 Å². The van der Waals surface area contributed by atoms with Crippen molar-refractivity contribution in [3.8, 4) is 24.7 Å². The molecule has 0 radical (unpaired) electrons. The molecule has 0 aliphatic carbocycles. The molecule has 8 heteroatoms. The Morgan fingerprint density at radius 2 is 0.885 bits per heavy atom. The SMILES string of the molecule is C#CC#C.Cc1ccc(S(=O)(=O)O)cc1.Cc1ccc(S(=O)(=O)O)cc1. The highest BCUT2D eigenvalue weighted by Crippen LogP contribution is 2.09. The maximum atomic E-state index is 10.5. The molecule has 138 valence electrons. The first-order valence-electron chi connectivity index (χ1n) is 6.91. The average molecular weight is 394 g/mol. The molecule has 0 amide bonds. The van der Waals surface area contributed by atoms with Gasteiger partial charge in [0.05, 0.1) is 9.79 Å². The van der Waals surface area contributed by atoms with Crippen LogP contribution in [0.2, 0.25) is 0 Å². The molecule has 0 saturated heterocycles. The topological polar surface area (TPSA) is 109 Å². The van der Waals surface area contributed by atoms with Gasteiger partial charge in [0.2, 0.25) is 0 Å². The van der Waals surface area contributed by atoms with Gasteiger partial charge in [-0.1, -0.05) is 35.4 Å². The lowest BCUT2D eigenvalue weighted by Crippen LogP contribution is -1.96. The Kier molecular flexibility index (Phi) is 9.34. The van der Waals surface area contributed by atoms with Crippen LogP contribution in [0.25, 0.3) is 0 Å². The van der Waals surface area contributed by atoms with Crippen LogP contribution in [0, 0.1) is 38.5 Å². The van der Waals surface area contributed by atoms with Gasteiger partial charge in [-0.2, -0.15) is 16.8 Å². The molecule has 0 fully saturated rings. The van der Waals surface area contributed by atoms with Crippen LogP contribution < -0.4 is 0 Å². The molecule has 0 unspecified atom stereocenters. The van der Waals surface area contributed by atoms with Gasteiger partial charge in [-0.3, -0.25) is 9.11 Å². The number of aryl methyl sites for hydroxylation is 2. The maximum absolute atomic E-state index is 10.5. The molecular formula is C18H18O6S2. The van der Waals surface area contributed by atoms with Crippen molar-refractivity contribution < 1.29 is 25.9 Å². The first-order chi connectivity index (χ1) is 11.9. The summed E-state index contributed by atoms with van der Waals surface area (Å²) >= 11 is 0. The second kappa shape index (κ2) is 10.4. The van der Waals surface area contributed by atoms with Crippen LogP contribution in [0.1, 0.15) is 11.1 Å². The van der Waals surface area contributed by atoms with Gasteiger partial charge in [0.1, 0.15) is 0 Å². The highest BCUT2D eigenvalue weighted by molar-refractivity contribution is 7.86. The quantitative estimate of drug-likeness (QED) is 0.599. The van der Waals surface area contributed by atoms with Crippen molar-refractivity contribution in [2.45, 2.75) is 23.6 Å². The largest absolute Gasteiger partial charge is 0.294 e. The zero-order chi connectivity index (χ0) is 20.4. The van der Waals surface area contributed by atoms with Crippen molar-refractivity contribution in [3.63, 3.8) is 0 Å². The summed E-state index contributed by atoms with van der Waals surface area (Å²) < 4.78 is 59.1. The minimum Gasteiger partial charge on any atom is -0.282 e. The summed E-state index contributed by atoms with van der Waals surface area (Å²) in [5.74, 6) is 3.92. The molecule has 0 aliphatic heterocycles. The number of hydrogen-bond acceptors (Lipinski definition) is 4. The van der Waals surface area contributed by atoms with Crippen molar-refractivity contribution in [3.05, 3.63) is 59.7 Å². The minimum atomic E-state index is -4.02. The fraction of sp³-hybridized carbons (Fsp3) is 0.111. The van der Waals surface area contributed by atoms with Crippen LogP contribution in [-0.2, 0) is 20.2 Å². The molecule has 0 aliphatic rings. The van der Waals surface area contributed by atoms with E-state index in [9.17, 15) is 16.8 Å². The number of benzene rings is 2. The fourth-order valence-corrected chi connectivity index (χ4v) is 2.38. The highest BCUT2D eigenvalue weighted by atomic mass is 32.2. The first-order valence-corrected chi connectivity index (χ1v) is 9.79. The lowest BCUT2D eigenvalue weighted by molar-refractivity contribution is 0.481. The summed E-state index contributed by atoms with van der Waals surface area (Å²) in [5.41, 5.74) is 1.91. The van der Waals surface area contributed by atoms with E-state index in [1.165, 1.54) is 24.3 Å². The van der Waals surface area contributed by atoms with Crippen LogP contribution in [0.4, 0.5) is 0 Å². The van der Waals surface area contributed by atoms with Gasteiger partial charge >= 0.3 is 0 Å². The Labute approximate surface area is 154 Å². The third-order valence-electron chi connectivity index (χ3n) is 2.72. The average Bonchev–Trinajstić information content (AvgIpc) is 2.55. The van der Waals surface area contributed by atoms with E-state index in [0.717, 1.165) is 11.1 Å².